The van der Waals surface area contributed by atoms with Gasteiger partial charge in [0.1, 0.15) is 0 Å². The summed E-state index contributed by atoms with van der Waals surface area (Å²) in [5.41, 5.74) is 3.58. The fraction of sp³-hybridized carbons (Fsp3) is 0.438. The van der Waals surface area contributed by atoms with E-state index in [2.05, 4.69) is 41.9 Å². The number of nitrogens with zero attached hydrogens (tertiary/aromatic N) is 2. The number of rotatable bonds is 4. The van der Waals surface area contributed by atoms with Gasteiger partial charge in [0.15, 0.2) is 5.03 Å². The lowest BCUT2D eigenvalue weighted by molar-refractivity contribution is 0.548. The summed E-state index contributed by atoms with van der Waals surface area (Å²) in [6, 6.07) is 7.75. The zero-order valence-corrected chi connectivity index (χ0v) is 13.9. The van der Waals surface area contributed by atoms with Crippen molar-refractivity contribution in [2.24, 2.45) is 7.05 Å². The Hall–Kier alpha value is -1.66. The summed E-state index contributed by atoms with van der Waals surface area (Å²) >= 11 is 0. The standard InChI is InChI=1S/C16H21N3O2S/c1-11(2)13-5-4-12-6-7-15(14(12)10-13)18-22(20,21)16-8-9-19(3)17-16/h4-5,8-11,15,18H,6-7H2,1-3H3. The lowest BCUT2D eigenvalue weighted by Gasteiger charge is -2.15. The maximum atomic E-state index is 12.4. The lowest BCUT2D eigenvalue weighted by Crippen LogP contribution is -2.28. The Balaban J connectivity index is 1.89. The van der Waals surface area contributed by atoms with Crippen LogP contribution in [0.4, 0.5) is 0 Å². The summed E-state index contributed by atoms with van der Waals surface area (Å²) in [5, 5.41) is 4.07. The molecule has 22 heavy (non-hydrogen) atoms. The predicted octanol–water partition coefficient (Wildman–Crippen LogP) is 2.51. The molecule has 0 saturated heterocycles. The Kier molecular flexibility index (Phi) is 3.82. The molecule has 0 fully saturated rings. The van der Waals surface area contributed by atoms with E-state index in [4.69, 9.17) is 0 Å². The van der Waals surface area contributed by atoms with Gasteiger partial charge in [-0.2, -0.15) is 5.10 Å². The molecule has 5 nitrogen and oxygen atoms in total. The minimum absolute atomic E-state index is 0.0727. The molecular formula is C16H21N3O2S. The molecule has 6 heteroatoms. The Morgan fingerprint density at radius 2 is 2.09 bits per heavy atom. The van der Waals surface area contributed by atoms with Crippen molar-refractivity contribution in [3.63, 3.8) is 0 Å². The number of hydrogen-bond acceptors (Lipinski definition) is 3. The smallest absolute Gasteiger partial charge is 0.260 e. The van der Waals surface area contributed by atoms with Crippen LogP contribution in [0.5, 0.6) is 0 Å². The van der Waals surface area contributed by atoms with Crippen LogP contribution < -0.4 is 4.72 Å². The molecule has 0 aliphatic heterocycles. The summed E-state index contributed by atoms with van der Waals surface area (Å²) in [6.07, 6.45) is 3.33. The van der Waals surface area contributed by atoms with Gasteiger partial charge < -0.3 is 0 Å². The summed E-state index contributed by atoms with van der Waals surface area (Å²) in [6.45, 7) is 4.29. The second-order valence-electron chi connectivity index (χ2n) is 6.15. The lowest BCUT2D eigenvalue weighted by atomic mass is 9.98. The third-order valence-corrected chi connectivity index (χ3v) is 5.54. The van der Waals surface area contributed by atoms with Gasteiger partial charge in [0.25, 0.3) is 10.0 Å². The van der Waals surface area contributed by atoms with Crippen molar-refractivity contribution < 1.29 is 8.42 Å². The number of hydrogen-bond donors (Lipinski definition) is 1. The Bertz CT molecular complexity index is 793. The first-order chi connectivity index (χ1) is 10.4. The van der Waals surface area contributed by atoms with E-state index >= 15 is 0 Å². The molecule has 1 aliphatic carbocycles. The van der Waals surface area contributed by atoms with Crippen molar-refractivity contribution in [1.82, 2.24) is 14.5 Å². The molecule has 0 radical (unpaired) electrons. The molecule has 118 valence electrons. The van der Waals surface area contributed by atoms with Gasteiger partial charge in [-0.3, -0.25) is 4.68 Å². The summed E-state index contributed by atoms with van der Waals surface area (Å²) in [5.74, 6) is 0.430. The van der Waals surface area contributed by atoms with Crippen LogP contribution in [0.2, 0.25) is 0 Å². The van der Waals surface area contributed by atoms with Gasteiger partial charge in [-0.15, -0.1) is 0 Å². The SMILES string of the molecule is CC(C)c1ccc2c(c1)C(NS(=O)(=O)c1ccn(C)n1)CC2. The average Bonchev–Trinajstić information content (AvgIpc) is 3.05. The second-order valence-corrected chi connectivity index (χ2v) is 7.81. The first-order valence-electron chi connectivity index (χ1n) is 7.51. The summed E-state index contributed by atoms with van der Waals surface area (Å²) < 4.78 is 29.2. The minimum Gasteiger partial charge on any atom is -0.274 e. The van der Waals surface area contributed by atoms with Gasteiger partial charge in [-0.05, 0) is 41.5 Å². The quantitative estimate of drug-likeness (QED) is 0.942. The Morgan fingerprint density at radius 1 is 1.32 bits per heavy atom. The number of fused-ring (bicyclic) bond motifs is 1. The van der Waals surface area contributed by atoms with Gasteiger partial charge in [0.05, 0.1) is 0 Å². The second kappa shape index (κ2) is 5.52. The first-order valence-corrected chi connectivity index (χ1v) is 9.00. The molecule has 1 heterocycles. The number of sulfonamides is 1. The third-order valence-electron chi connectivity index (χ3n) is 4.18. The fourth-order valence-corrected chi connectivity index (χ4v) is 4.10. The van der Waals surface area contributed by atoms with E-state index in [1.54, 1.807) is 13.2 Å². The highest BCUT2D eigenvalue weighted by Gasteiger charge is 2.29. The van der Waals surface area contributed by atoms with Crippen LogP contribution in [0.25, 0.3) is 0 Å². The van der Waals surface area contributed by atoms with Crippen LogP contribution in [0.15, 0.2) is 35.5 Å². The fourth-order valence-electron chi connectivity index (χ4n) is 2.89. The maximum Gasteiger partial charge on any atom is 0.260 e. The van der Waals surface area contributed by atoms with Crippen LogP contribution in [-0.2, 0) is 23.5 Å². The predicted molar refractivity (Wildman–Crippen MR) is 85.1 cm³/mol. The average molecular weight is 319 g/mol. The van der Waals surface area contributed by atoms with Crippen LogP contribution in [0.1, 0.15) is 48.9 Å². The van der Waals surface area contributed by atoms with Crippen molar-refractivity contribution in [1.29, 1.82) is 0 Å². The molecule has 0 amide bonds. The van der Waals surface area contributed by atoms with Crippen LogP contribution in [-0.4, -0.2) is 18.2 Å². The topological polar surface area (TPSA) is 64.0 Å². The highest BCUT2D eigenvalue weighted by molar-refractivity contribution is 7.89. The Morgan fingerprint density at radius 3 is 2.73 bits per heavy atom. The molecule has 1 aromatic carbocycles. The van der Waals surface area contributed by atoms with Gasteiger partial charge in [-0.1, -0.05) is 32.0 Å². The van der Waals surface area contributed by atoms with Crippen LogP contribution >= 0.6 is 0 Å². The van der Waals surface area contributed by atoms with Gasteiger partial charge in [-0.25, -0.2) is 13.1 Å². The zero-order valence-electron chi connectivity index (χ0n) is 13.1. The molecule has 3 rings (SSSR count). The molecule has 0 spiro atoms. The minimum atomic E-state index is -3.58. The highest BCUT2D eigenvalue weighted by Crippen LogP contribution is 2.34. The number of benzene rings is 1. The van der Waals surface area contributed by atoms with E-state index in [9.17, 15) is 8.42 Å². The molecule has 2 aromatic rings. The number of nitrogens with one attached hydrogen (secondary N) is 1. The molecular weight excluding hydrogens is 298 g/mol. The molecule has 1 N–H and O–H groups in total. The van der Waals surface area contributed by atoms with E-state index in [0.717, 1.165) is 18.4 Å². The van der Waals surface area contributed by atoms with E-state index in [-0.39, 0.29) is 11.1 Å². The van der Waals surface area contributed by atoms with E-state index < -0.39 is 10.0 Å². The number of aromatic nitrogens is 2. The van der Waals surface area contributed by atoms with Gasteiger partial charge in [0.2, 0.25) is 0 Å². The molecule has 0 bridgehead atoms. The van der Waals surface area contributed by atoms with Gasteiger partial charge in [0, 0.05) is 19.3 Å². The number of aryl methyl sites for hydroxylation is 2. The van der Waals surface area contributed by atoms with Crippen molar-refractivity contribution >= 4 is 10.0 Å². The summed E-state index contributed by atoms with van der Waals surface area (Å²) in [7, 11) is -1.87. The molecule has 1 unspecified atom stereocenters. The van der Waals surface area contributed by atoms with Crippen molar-refractivity contribution in [2.75, 3.05) is 0 Å². The highest BCUT2D eigenvalue weighted by atomic mass is 32.2. The normalized spacial score (nSPS) is 17.9. The third kappa shape index (κ3) is 2.80. The van der Waals surface area contributed by atoms with Crippen LogP contribution in [0.3, 0.4) is 0 Å². The summed E-state index contributed by atoms with van der Waals surface area (Å²) in [4.78, 5) is 0. The first kappa shape index (κ1) is 15.2. The molecule has 1 aliphatic rings. The van der Waals surface area contributed by atoms with Crippen LogP contribution in [0, 0.1) is 0 Å². The monoisotopic (exact) mass is 319 g/mol. The van der Waals surface area contributed by atoms with E-state index in [1.165, 1.54) is 21.9 Å². The van der Waals surface area contributed by atoms with Gasteiger partial charge >= 0.3 is 0 Å². The molecule has 0 saturated carbocycles. The van der Waals surface area contributed by atoms with Crippen molar-refractivity contribution in [3.05, 3.63) is 47.2 Å². The van der Waals surface area contributed by atoms with Crippen molar-refractivity contribution in [2.45, 2.75) is 43.7 Å². The zero-order chi connectivity index (χ0) is 15.9. The molecule has 1 aromatic heterocycles. The maximum absolute atomic E-state index is 12.4. The largest absolute Gasteiger partial charge is 0.274 e. The molecule has 1 atom stereocenters. The van der Waals surface area contributed by atoms with E-state index in [1.807, 2.05) is 0 Å². The van der Waals surface area contributed by atoms with E-state index in [0.29, 0.717) is 5.92 Å². The Labute approximate surface area is 131 Å². The van der Waals surface area contributed by atoms with Crippen molar-refractivity contribution in [3.8, 4) is 0 Å².